The highest BCUT2D eigenvalue weighted by atomic mass is 35.5. The highest BCUT2D eigenvalue weighted by molar-refractivity contribution is 6.34. The summed E-state index contributed by atoms with van der Waals surface area (Å²) in [6.07, 6.45) is 0.335. The number of amides is 2. The van der Waals surface area contributed by atoms with Crippen LogP contribution in [0, 0.1) is 5.92 Å². The average Bonchev–Trinajstić information content (AvgIpc) is 2.66. The first-order valence-electron chi connectivity index (χ1n) is 9.18. The van der Waals surface area contributed by atoms with Gasteiger partial charge < -0.3 is 20.1 Å². The molecule has 0 saturated heterocycles. The largest absolute Gasteiger partial charge is 0.486 e. The summed E-state index contributed by atoms with van der Waals surface area (Å²) in [6.45, 7) is 4.78. The smallest absolute Gasteiger partial charge is 0.251 e. The fourth-order valence-electron chi connectivity index (χ4n) is 2.90. The fraction of sp³-hybridized carbons (Fsp3) is 0.333. The van der Waals surface area contributed by atoms with Crippen molar-refractivity contribution in [1.82, 2.24) is 5.32 Å². The number of fused-ring (bicyclic) bond motifs is 1. The van der Waals surface area contributed by atoms with Crippen LogP contribution in [-0.2, 0) is 9.59 Å². The van der Waals surface area contributed by atoms with Crippen LogP contribution in [0.15, 0.2) is 42.5 Å². The van der Waals surface area contributed by atoms with Crippen LogP contribution in [0.1, 0.15) is 31.9 Å². The van der Waals surface area contributed by atoms with Crippen molar-refractivity contribution >= 4 is 29.1 Å². The molecule has 0 spiro atoms. The summed E-state index contributed by atoms with van der Waals surface area (Å²) in [5.41, 5.74) is 1.08. The lowest BCUT2D eigenvalue weighted by Crippen LogP contribution is -2.37. The van der Waals surface area contributed by atoms with Gasteiger partial charge in [0.05, 0.1) is 10.7 Å². The van der Waals surface area contributed by atoms with Crippen molar-refractivity contribution in [3.05, 3.63) is 53.1 Å². The topological polar surface area (TPSA) is 76.7 Å². The molecule has 0 fully saturated rings. The molecule has 0 aliphatic carbocycles. The maximum Gasteiger partial charge on any atom is 0.251 e. The van der Waals surface area contributed by atoms with Crippen molar-refractivity contribution in [3.8, 4) is 11.5 Å². The monoisotopic (exact) mass is 402 g/mol. The van der Waals surface area contributed by atoms with E-state index in [1.807, 2.05) is 32.0 Å². The number of nitrogens with one attached hydrogen (secondary N) is 2. The molecule has 2 aromatic rings. The van der Waals surface area contributed by atoms with E-state index in [1.54, 1.807) is 24.3 Å². The molecule has 0 radical (unpaired) electrons. The molecular formula is C21H23ClN2O4. The van der Waals surface area contributed by atoms with Gasteiger partial charge >= 0.3 is 0 Å². The summed E-state index contributed by atoms with van der Waals surface area (Å²) in [4.78, 5) is 25.3. The fourth-order valence-corrected chi connectivity index (χ4v) is 3.10. The van der Waals surface area contributed by atoms with Crippen molar-refractivity contribution in [2.45, 2.75) is 26.3 Å². The van der Waals surface area contributed by atoms with Crippen LogP contribution in [0.25, 0.3) is 0 Å². The van der Waals surface area contributed by atoms with Crippen LogP contribution in [0.2, 0.25) is 5.02 Å². The third kappa shape index (κ3) is 4.95. The van der Waals surface area contributed by atoms with Crippen molar-refractivity contribution < 1.29 is 19.1 Å². The highest BCUT2D eigenvalue weighted by Gasteiger charge is 2.25. The van der Waals surface area contributed by atoms with Gasteiger partial charge in [0.1, 0.15) is 19.3 Å². The molecule has 1 aliphatic heterocycles. The van der Waals surface area contributed by atoms with Gasteiger partial charge in [-0.3, -0.25) is 9.59 Å². The normalized spacial score (nSPS) is 13.7. The predicted molar refractivity (Wildman–Crippen MR) is 108 cm³/mol. The van der Waals surface area contributed by atoms with Gasteiger partial charge in [0.15, 0.2) is 11.5 Å². The number of hydrogen-bond donors (Lipinski definition) is 2. The SMILES string of the molecule is CC(C)CC(=O)NC(C(=O)Nc1cc2c(cc1Cl)OCCO2)c1ccccc1. The van der Waals surface area contributed by atoms with Gasteiger partial charge in [-0.15, -0.1) is 0 Å². The lowest BCUT2D eigenvalue weighted by atomic mass is 10.0. The van der Waals surface area contributed by atoms with E-state index in [2.05, 4.69) is 10.6 Å². The van der Waals surface area contributed by atoms with E-state index in [4.69, 9.17) is 21.1 Å². The van der Waals surface area contributed by atoms with E-state index in [1.165, 1.54) is 0 Å². The molecule has 0 bridgehead atoms. The first-order chi connectivity index (χ1) is 13.4. The summed E-state index contributed by atoms with van der Waals surface area (Å²) < 4.78 is 11.0. The van der Waals surface area contributed by atoms with Crippen LogP contribution in [0.4, 0.5) is 5.69 Å². The molecule has 1 atom stereocenters. The average molecular weight is 403 g/mol. The Bertz CT molecular complexity index is 855. The quantitative estimate of drug-likeness (QED) is 0.766. The third-order valence-electron chi connectivity index (χ3n) is 4.18. The number of hydrogen-bond acceptors (Lipinski definition) is 4. The second-order valence-corrected chi connectivity index (χ2v) is 7.38. The lowest BCUT2D eigenvalue weighted by molar-refractivity contribution is -0.127. The number of benzene rings is 2. The van der Waals surface area contributed by atoms with E-state index < -0.39 is 6.04 Å². The molecular weight excluding hydrogens is 380 g/mol. The van der Waals surface area contributed by atoms with Crippen LogP contribution < -0.4 is 20.1 Å². The minimum absolute atomic E-state index is 0.187. The van der Waals surface area contributed by atoms with Crippen LogP contribution >= 0.6 is 11.6 Å². The molecule has 148 valence electrons. The van der Waals surface area contributed by atoms with Gasteiger partial charge in [0.25, 0.3) is 5.91 Å². The number of halogens is 1. The van der Waals surface area contributed by atoms with Gasteiger partial charge in [-0.1, -0.05) is 55.8 Å². The first kappa shape index (κ1) is 20.0. The summed E-state index contributed by atoms with van der Waals surface area (Å²) in [6, 6.07) is 11.5. The zero-order valence-corrected chi connectivity index (χ0v) is 16.6. The number of anilines is 1. The molecule has 6 nitrogen and oxygen atoms in total. The van der Waals surface area contributed by atoms with Gasteiger partial charge in [-0.25, -0.2) is 0 Å². The summed E-state index contributed by atoms with van der Waals surface area (Å²) in [7, 11) is 0. The predicted octanol–water partition coefficient (Wildman–Crippen LogP) is 3.95. The Kier molecular flexibility index (Phi) is 6.41. The Morgan fingerprint density at radius 2 is 1.71 bits per heavy atom. The number of rotatable bonds is 6. The van der Waals surface area contributed by atoms with E-state index >= 15 is 0 Å². The zero-order valence-electron chi connectivity index (χ0n) is 15.8. The van der Waals surface area contributed by atoms with Crippen molar-refractivity contribution in [3.63, 3.8) is 0 Å². The molecule has 2 aromatic carbocycles. The first-order valence-corrected chi connectivity index (χ1v) is 9.56. The minimum Gasteiger partial charge on any atom is -0.486 e. The van der Waals surface area contributed by atoms with Crippen molar-refractivity contribution in [2.24, 2.45) is 5.92 Å². The molecule has 1 heterocycles. The van der Waals surface area contributed by atoms with Gasteiger partial charge in [-0.05, 0) is 11.5 Å². The van der Waals surface area contributed by atoms with Gasteiger partial charge in [0.2, 0.25) is 5.91 Å². The van der Waals surface area contributed by atoms with E-state index in [-0.39, 0.29) is 17.7 Å². The zero-order chi connectivity index (χ0) is 20.1. The Hall–Kier alpha value is -2.73. The molecule has 3 rings (SSSR count). The Morgan fingerprint density at radius 1 is 1.07 bits per heavy atom. The molecule has 7 heteroatoms. The van der Waals surface area contributed by atoms with Crippen molar-refractivity contribution in [1.29, 1.82) is 0 Å². The molecule has 0 aromatic heterocycles. The van der Waals surface area contributed by atoms with Crippen molar-refractivity contribution in [2.75, 3.05) is 18.5 Å². The van der Waals surface area contributed by atoms with E-state index in [0.29, 0.717) is 47.4 Å². The lowest BCUT2D eigenvalue weighted by Gasteiger charge is -2.22. The van der Waals surface area contributed by atoms with E-state index in [0.717, 1.165) is 0 Å². The summed E-state index contributed by atoms with van der Waals surface area (Å²) >= 11 is 6.29. The summed E-state index contributed by atoms with van der Waals surface area (Å²) in [5, 5.41) is 5.94. The Morgan fingerprint density at radius 3 is 2.36 bits per heavy atom. The Labute approximate surface area is 169 Å². The van der Waals surface area contributed by atoms with Crippen LogP contribution in [0.3, 0.4) is 0 Å². The molecule has 1 aliphatic rings. The van der Waals surface area contributed by atoms with Crippen LogP contribution in [-0.4, -0.2) is 25.0 Å². The molecule has 2 N–H and O–H groups in total. The van der Waals surface area contributed by atoms with Gasteiger partial charge in [0, 0.05) is 18.6 Å². The van der Waals surface area contributed by atoms with Gasteiger partial charge in [-0.2, -0.15) is 0 Å². The third-order valence-corrected chi connectivity index (χ3v) is 4.50. The second kappa shape index (κ2) is 8.97. The maximum absolute atomic E-state index is 13.0. The maximum atomic E-state index is 13.0. The minimum atomic E-state index is -0.836. The molecule has 28 heavy (non-hydrogen) atoms. The highest BCUT2D eigenvalue weighted by Crippen LogP contribution is 2.38. The number of carbonyl (C=O) groups is 2. The summed E-state index contributed by atoms with van der Waals surface area (Å²) in [5.74, 6) is 0.672. The Balaban J connectivity index is 1.82. The van der Waals surface area contributed by atoms with E-state index in [9.17, 15) is 9.59 Å². The number of carbonyl (C=O) groups excluding carboxylic acids is 2. The van der Waals surface area contributed by atoms with Crippen LogP contribution in [0.5, 0.6) is 11.5 Å². The standard InChI is InChI=1S/C21H23ClN2O4/c1-13(2)10-19(25)24-20(14-6-4-3-5-7-14)21(26)23-16-12-18-17(11-15(16)22)27-8-9-28-18/h3-7,11-13,20H,8-10H2,1-2H3,(H,23,26)(H,24,25). The molecule has 0 saturated carbocycles. The molecule has 1 unspecified atom stereocenters. The molecule has 2 amide bonds. The number of ether oxygens (including phenoxy) is 2. The second-order valence-electron chi connectivity index (χ2n) is 6.97.